The largest absolute Gasteiger partial charge is 0.289 e. The molecule has 0 aromatic rings. The second kappa shape index (κ2) is 2.08. The third-order valence-corrected chi connectivity index (χ3v) is 2.37. The summed E-state index contributed by atoms with van der Waals surface area (Å²) >= 11 is 0. The van der Waals surface area contributed by atoms with Crippen LogP contribution < -0.4 is 0 Å². The summed E-state index contributed by atoms with van der Waals surface area (Å²) in [5, 5.41) is 0. The van der Waals surface area contributed by atoms with Gasteiger partial charge in [-0.1, -0.05) is 0 Å². The number of ketones is 1. The van der Waals surface area contributed by atoms with E-state index in [-0.39, 0.29) is 5.78 Å². The summed E-state index contributed by atoms with van der Waals surface area (Å²) in [7, 11) is 0. The first-order chi connectivity index (χ1) is 4.55. The second-order valence-electron chi connectivity index (χ2n) is 2.83. The first-order valence-electron chi connectivity index (χ1n) is 3.45. The molecule has 0 aromatic heterocycles. The van der Waals surface area contributed by atoms with Gasteiger partial charge in [-0.25, -0.2) is 0 Å². The molecule has 0 N–H and O–H groups in total. The molecule has 54 valence electrons. The van der Waals surface area contributed by atoms with Crippen molar-refractivity contribution in [2.45, 2.75) is 27.7 Å². The molecule has 0 aromatic carbocycles. The molecule has 0 bridgehead atoms. The minimum absolute atomic E-state index is 0.218. The van der Waals surface area contributed by atoms with Gasteiger partial charge in [0.15, 0.2) is 5.78 Å². The fourth-order valence-corrected chi connectivity index (χ4v) is 1.18. The molecule has 0 saturated carbocycles. The Bertz CT molecular complexity index is 228. The lowest BCUT2D eigenvalue weighted by Gasteiger charge is -1.93. The summed E-state index contributed by atoms with van der Waals surface area (Å²) in [6.07, 6.45) is 0. The molecular weight excluding hydrogens is 124 g/mol. The van der Waals surface area contributed by atoms with Crippen LogP contribution in [0.5, 0.6) is 0 Å². The highest BCUT2D eigenvalue weighted by Crippen LogP contribution is 2.27. The molecule has 10 heavy (non-hydrogen) atoms. The molecule has 0 heterocycles. The van der Waals surface area contributed by atoms with E-state index < -0.39 is 0 Å². The summed E-state index contributed by atoms with van der Waals surface area (Å²) in [5.74, 6) is 0.218. The lowest BCUT2D eigenvalue weighted by molar-refractivity contribution is -0.112. The van der Waals surface area contributed by atoms with E-state index in [0.29, 0.717) is 0 Å². The molecule has 0 fully saturated rings. The van der Waals surface area contributed by atoms with Gasteiger partial charge in [-0.3, -0.25) is 4.79 Å². The maximum Gasteiger partial charge on any atom is 0.184 e. The fraction of sp³-hybridized carbons (Fsp3) is 0.444. The van der Waals surface area contributed by atoms with E-state index in [4.69, 9.17) is 0 Å². The molecule has 0 saturated heterocycles. The summed E-state index contributed by atoms with van der Waals surface area (Å²) in [6, 6.07) is 0. The molecule has 1 aliphatic carbocycles. The average Bonchev–Trinajstić information content (AvgIpc) is 2.07. The molecule has 1 rings (SSSR count). The van der Waals surface area contributed by atoms with Crippen molar-refractivity contribution in [1.82, 2.24) is 0 Å². The van der Waals surface area contributed by atoms with E-state index in [9.17, 15) is 4.79 Å². The lowest BCUT2D eigenvalue weighted by atomic mass is 10.1. The highest BCUT2D eigenvalue weighted by atomic mass is 16.1. The first-order valence-corrected chi connectivity index (χ1v) is 3.45. The number of rotatable bonds is 0. The Hall–Kier alpha value is -0.850. The van der Waals surface area contributed by atoms with E-state index in [1.54, 1.807) is 0 Å². The lowest BCUT2D eigenvalue weighted by Crippen LogP contribution is -1.95. The Labute approximate surface area is 61.4 Å². The molecular formula is C9H12O. The maximum atomic E-state index is 11.2. The number of hydrogen-bond donors (Lipinski definition) is 0. The van der Waals surface area contributed by atoms with Crippen LogP contribution in [0.1, 0.15) is 27.7 Å². The average molecular weight is 136 g/mol. The molecule has 1 heteroatoms. The van der Waals surface area contributed by atoms with Crippen molar-refractivity contribution < 1.29 is 4.79 Å². The van der Waals surface area contributed by atoms with Crippen LogP contribution in [0.4, 0.5) is 0 Å². The van der Waals surface area contributed by atoms with Crippen LogP contribution in [0.3, 0.4) is 0 Å². The topological polar surface area (TPSA) is 17.1 Å². The van der Waals surface area contributed by atoms with Crippen LogP contribution in [0, 0.1) is 0 Å². The van der Waals surface area contributed by atoms with Crippen molar-refractivity contribution in [3.05, 3.63) is 22.3 Å². The van der Waals surface area contributed by atoms with Crippen LogP contribution >= 0.6 is 0 Å². The summed E-state index contributed by atoms with van der Waals surface area (Å²) in [5.41, 5.74) is 4.13. The third-order valence-electron chi connectivity index (χ3n) is 2.37. The van der Waals surface area contributed by atoms with E-state index >= 15 is 0 Å². The van der Waals surface area contributed by atoms with Gasteiger partial charge in [0, 0.05) is 0 Å². The van der Waals surface area contributed by atoms with E-state index in [2.05, 4.69) is 0 Å². The third kappa shape index (κ3) is 0.737. The van der Waals surface area contributed by atoms with Crippen LogP contribution in [-0.4, -0.2) is 5.78 Å². The van der Waals surface area contributed by atoms with Crippen molar-refractivity contribution >= 4 is 5.78 Å². The highest BCUT2D eigenvalue weighted by molar-refractivity contribution is 6.12. The zero-order valence-electron chi connectivity index (χ0n) is 6.91. The smallest absolute Gasteiger partial charge is 0.184 e. The Kier molecular flexibility index (Phi) is 1.51. The molecule has 1 aliphatic rings. The van der Waals surface area contributed by atoms with Crippen molar-refractivity contribution in [3.8, 4) is 0 Å². The van der Waals surface area contributed by atoms with Crippen LogP contribution in [-0.2, 0) is 4.79 Å². The summed E-state index contributed by atoms with van der Waals surface area (Å²) in [4.78, 5) is 11.2. The van der Waals surface area contributed by atoms with Gasteiger partial charge in [0.2, 0.25) is 0 Å². The summed E-state index contributed by atoms with van der Waals surface area (Å²) < 4.78 is 0. The van der Waals surface area contributed by atoms with Gasteiger partial charge in [-0.15, -0.1) is 0 Å². The fourth-order valence-electron chi connectivity index (χ4n) is 1.18. The van der Waals surface area contributed by atoms with Gasteiger partial charge >= 0.3 is 0 Å². The number of allylic oxidation sites excluding steroid dienone is 4. The van der Waals surface area contributed by atoms with E-state index in [0.717, 1.165) is 22.3 Å². The second-order valence-corrected chi connectivity index (χ2v) is 2.83. The van der Waals surface area contributed by atoms with Gasteiger partial charge in [-0.05, 0) is 50.0 Å². The van der Waals surface area contributed by atoms with Crippen LogP contribution in [0.2, 0.25) is 0 Å². The quantitative estimate of drug-likeness (QED) is 0.499. The van der Waals surface area contributed by atoms with Crippen molar-refractivity contribution in [1.29, 1.82) is 0 Å². The van der Waals surface area contributed by atoms with E-state index in [1.165, 1.54) is 0 Å². The minimum Gasteiger partial charge on any atom is -0.289 e. The number of carbonyl (C=O) groups is 1. The van der Waals surface area contributed by atoms with Crippen LogP contribution in [0.25, 0.3) is 0 Å². The van der Waals surface area contributed by atoms with Crippen molar-refractivity contribution in [2.75, 3.05) is 0 Å². The molecule has 0 amide bonds. The Balaban J connectivity index is 3.22. The van der Waals surface area contributed by atoms with Crippen molar-refractivity contribution in [3.63, 3.8) is 0 Å². The zero-order valence-corrected chi connectivity index (χ0v) is 6.91. The van der Waals surface area contributed by atoms with E-state index in [1.807, 2.05) is 27.7 Å². The van der Waals surface area contributed by atoms with Gasteiger partial charge in [0.1, 0.15) is 0 Å². The predicted molar refractivity (Wildman–Crippen MR) is 41.8 cm³/mol. The molecule has 0 unspecified atom stereocenters. The highest BCUT2D eigenvalue weighted by Gasteiger charge is 2.20. The summed E-state index contributed by atoms with van der Waals surface area (Å²) in [6.45, 7) is 7.77. The molecule has 1 nitrogen and oxygen atoms in total. The molecule has 0 atom stereocenters. The molecule has 0 aliphatic heterocycles. The Morgan fingerprint density at radius 2 is 1.00 bits per heavy atom. The van der Waals surface area contributed by atoms with Gasteiger partial charge < -0.3 is 0 Å². The number of carbonyl (C=O) groups excluding carboxylic acids is 1. The Morgan fingerprint density at radius 3 is 1.10 bits per heavy atom. The number of hydrogen-bond acceptors (Lipinski definition) is 1. The minimum atomic E-state index is 0.218. The van der Waals surface area contributed by atoms with Gasteiger partial charge in [0.05, 0.1) is 0 Å². The van der Waals surface area contributed by atoms with Crippen LogP contribution in [0.15, 0.2) is 22.3 Å². The normalized spacial score (nSPS) is 19.4. The zero-order chi connectivity index (χ0) is 7.89. The number of Topliss-reactive ketones (excluding diaryl/α,β-unsaturated/α-hetero) is 1. The first kappa shape index (κ1) is 7.26. The molecule has 0 radical (unpaired) electrons. The monoisotopic (exact) mass is 136 g/mol. The van der Waals surface area contributed by atoms with Gasteiger partial charge in [-0.2, -0.15) is 0 Å². The maximum absolute atomic E-state index is 11.2. The predicted octanol–water partition coefficient (Wildman–Crippen LogP) is 2.24. The SMILES string of the molecule is CC1=C(C)C(C)=C(C)C1=O. The standard InChI is InChI=1S/C9H12O/c1-5-6(2)8(4)9(10)7(5)3/h1-4H3. The molecule has 0 spiro atoms. The Morgan fingerprint density at radius 1 is 0.700 bits per heavy atom. The van der Waals surface area contributed by atoms with Crippen molar-refractivity contribution in [2.24, 2.45) is 0 Å². The van der Waals surface area contributed by atoms with Gasteiger partial charge in [0.25, 0.3) is 0 Å².